The van der Waals surface area contributed by atoms with E-state index in [9.17, 15) is 10.2 Å². The summed E-state index contributed by atoms with van der Waals surface area (Å²) in [6, 6.07) is 4.45. The van der Waals surface area contributed by atoms with Crippen LogP contribution < -0.4 is 0 Å². The van der Waals surface area contributed by atoms with Gasteiger partial charge in [-0.1, -0.05) is 26.0 Å². The second kappa shape index (κ2) is 8.36. The molecule has 152 valence electrons. The summed E-state index contributed by atoms with van der Waals surface area (Å²) >= 11 is 1.88. The molecule has 0 amide bonds. The molecule has 3 nitrogen and oxygen atoms in total. The van der Waals surface area contributed by atoms with Gasteiger partial charge in [-0.25, -0.2) is 0 Å². The SMILES string of the molecule is CC12CCC(C3(C)CCC(O)CC3CO)CC1CC=C2c1cccs1.CO. The van der Waals surface area contributed by atoms with Crippen LogP contribution in [0, 0.1) is 28.6 Å². The molecule has 3 aliphatic carbocycles. The largest absolute Gasteiger partial charge is 0.400 e. The fourth-order valence-electron chi connectivity index (χ4n) is 6.23. The van der Waals surface area contributed by atoms with Crippen LogP contribution in [0.4, 0.5) is 0 Å². The maximum Gasteiger partial charge on any atom is 0.0544 e. The predicted molar refractivity (Wildman–Crippen MR) is 113 cm³/mol. The normalized spacial score (nSPS) is 41.3. The van der Waals surface area contributed by atoms with Crippen LogP contribution in [0.3, 0.4) is 0 Å². The van der Waals surface area contributed by atoms with Gasteiger partial charge in [-0.2, -0.15) is 0 Å². The highest BCUT2D eigenvalue weighted by Gasteiger charge is 2.52. The van der Waals surface area contributed by atoms with Crippen LogP contribution in [0.15, 0.2) is 23.6 Å². The summed E-state index contributed by atoms with van der Waals surface area (Å²) in [5.74, 6) is 1.69. The number of fused-ring (bicyclic) bond motifs is 1. The van der Waals surface area contributed by atoms with Crippen LogP contribution in [0.5, 0.6) is 0 Å². The van der Waals surface area contributed by atoms with Crippen molar-refractivity contribution < 1.29 is 15.3 Å². The van der Waals surface area contributed by atoms with Crippen LogP contribution in [0.2, 0.25) is 0 Å². The molecule has 0 saturated heterocycles. The van der Waals surface area contributed by atoms with E-state index >= 15 is 0 Å². The molecule has 0 aliphatic heterocycles. The number of hydrogen-bond acceptors (Lipinski definition) is 4. The Kier molecular flexibility index (Phi) is 6.52. The van der Waals surface area contributed by atoms with E-state index in [4.69, 9.17) is 5.11 Å². The molecule has 0 spiro atoms. The smallest absolute Gasteiger partial charge is 0.0544 e. The standard InChI is InChI=1S/C22H32O2S.CH4O/c1-21(10-8-18(24)13-17(21)14-23)16-7-9-22(2)15(12-16)5-6-19(22)20-4-3-11-25-20;1-2/h3-4,6,11,15-18,23-24H,5,7-10,12-14H2,1-2H3;2H,1H3. The molecule has 1 aromatic rings. The third kappa shape index (κ3) is 3.66. The van der Waals surface area contributed by atoms with Crippen molar-refractivity contribution in [3.8, 4) is 0 Å². The van der Waals surface area contributed by atoms with Crippen molar-refractivity contribution in [2.45, 2.75) is 64.9 Å². The quantitative estimate of drug-likeness (QED) is 0.697. The van der Waals surface area contributed by atoms with E-state index in [-0.39, 0.29) is 24.0 Å². The number of thiophene rings is 1. The second-order valence-corrected chi connectivity index (χ2v) is 10.2. The number of hydrogen-bond donors (Lipinski definition) is 3. The highest BCUT2D eigenvalue weighted by atomic mass is 32.1. The lowest BCUT2D eigenvalue weighted by Crippen LogP contribution is -2.47. The second-order valence-electron chi connectivity index (χ2n) is 9.23. The Morgan fingerprint density at radius 2 is 1.89 bits per heavy atom. The van der Waals surface area contributed by atoms with E-state index < -0.39 is 0 Å². The first kappa shape index (κ1) is 21.0. The van der Waals surface area contributed by atoms with Crippen molar-refractivity contribution in [3.63, 3.8) is 0 Å². The summed E-state index contributed by atoms with van der Waals surface area (Å²) < 4.78 is 0. The lowest BCUT2D eigenvalue weighted by molar-refractivity contribution is -0.0652. The summed E-state index contributed by atoms with van der Waals surface area (Å²) in [5.41, 5.74) is 2.12. The Morgan fingerprint density at radius 3 is 2.56 bits per heavy atom. The fraction of sp³-hybridized carbons (Fsp3) is 0.739. The highest BCUT2D eigenvalue weighted by Crippen LogP contribution is 2.62. The van der Waals surface area contributed by atoms with E-state index in [1.165, 1.54) is 30.6 Å². The van der Waals surface area contributed by atoms with Crippen molar-refractivity contribution in [1.29, 1.82) is 0 Å². The number of allylic oxidation sites excluding steroid dienone is 2. The van der Waals surface area contributed by atoms with E-state index in [1.807, 2.05) is 11.3 Å². The molecule has 2 fully saturated rings. The lowest BCUT2D eigenvalue weighted by atomic mass is 9.52. The minimum absolute atomic E-state index is 0.195. The molecule has 6 atom stereocenters. The predicted octanol–water partition coefficient (Wildman–Crippen LogP) is 4.73. The third-order valence-corrected chi connectivity index (χ3v) is 9.05. The molecule has 3 N–H and O–H groups in total. The van der Waals surface area contributed by atoms with Crippen LogP contribution in [-0.4, -0.2) is 35.1 Å². The van der Waals surface area contributed by atoms with Gasteiger partial charge < -0.3 is 15.3 Å². The van der Waals surface area contributed by atoms with Gasteiger partial charge in [0.25, 0.3) is 0 Å². The molecule has 0 bridgehead atoms. The summed E-state index contributed by atoms with van der Waals surface area (Å²) in [4.78, 5) is 1.46. The number of aliphatic hydroxyl groups excluding tert-OH is 3. The summed E-state index contributed by atoms with van der Waals surface area (Å²) in [7, 11) is 1.00. The molecule has 2 saturated carbocycles. The van der Waals surface area contributed by atoms with Gasteiger partial charge in [-0.3, -0.25) is 0 Å². The van der Waals surface area contributed by atoms with Gasteiger partial charge >= 0.3 is 0 Å². The maximum absolute atomic E-state index is 10.1. The van der Waals surface area contributed by atoms with Crippen molar-refractivity contribution in [2.24, 2.45) is 28.6 Å². The molecule has 0 aromatic carbocycles. The van der Waals surface area contributed by atoms with Gasteiger partial charge in [0.2, 0.25) is 0 Å². The molecule has 27 heavy (non-hydrogen) atoms. The highest BCUT2D eigenvalue weighted by molar-refractivity contribution is 7.11. The Morgan fingerprint density at radius 1 is 1.11 bits per heavy atom. The molecule has 1 heterocycles. The average molecular weight is 393 g/mol. The summed E-state index contributed by atoms with van der Waals surface area (Å²) in [5, 5.41) is 29.2. The monoisotopic (exact) mass is 392 g/mol. The molecule has 3 aliphatic rings. The van der Waals surface area contributed by atoms with Crippen LogP contribution in [0.1, 0.15) is 63.7 Å². The zero-order valence-corrected chi connectivity index (χ0v) is 17.8. The number of aliphatic hydroxyl groups is 3. The van der Waals surface area contributed by atoms with E-state index in [0.29, 0.717) is 11.3 Å². The van der Waals surface area contributed by atoms with Crippen LogP contribution >= 0.6 is 11.3 Å². The molecule has 1 aromatic heterocycles. The summed E-state index contributed by atoms with van der Waals surface area (Å²) in [6.07, 6.45) is 10.1. The first-order chi connectivity index (χ1) is 13.0. The van der Waals surface area contributed by atoms with Crippen LogP contribution in [0.25, 0.3) is 5.57 Å². The Balaban J connectivity index is 0.00000102. The minimum Gasteiger partial charge on any atom is -0.400 e. The molecule has 4 heteroatoms. The zero-order valence-electron chi connectivity index (χ0n) is 17.0. The van der Waals surface area contributed by atoms with Crippen molar-refractivity contribution in [3.05, 3.63) is 28.5 Å². The van der Waals surface area contributed by atoms with Gasteiger partial charge in [0.1, 0.15) is 0 Å². The Hall–Kier alpha value is -0.680. The van der Waals surface area contributed by atoms with Crippen molar-refractivity contribution in [1.82, 2.24) is 0 Å². The third-order valence-electron chi connectivity index (χ3n) is 8.15. The average Bonchev–Trinajstić information content (AvgIpc) is 3.31. The fourth-order valence-corrected chi connectivity index (χ4v) is 7.14. The van der Waals surface area contributed by atoms with E-state index in [1.54, 1.807) is 5.57 Å². The summed E-state index contributed by atoms with van der Waals surface area (Å²) in [6.45, 7) is 5.11. The van der Waals surface area contributed by atoms with Crippen LogP contribution in [-0.2, 0) is 0 Å². The van der Waals surface area contributed by atoms with Gasteiger partial charge in [0.15, 0.2) is 0 Å². The Labute approximate surface area is 168 Å². The number of rotatable bonds is 3. The Bertz CT molecular complexity index is 640. The molecule has 6 unspecified atom stereocenters. The first-order valence-corrected chi connectivity index (χ1v) is 11.3. The molecular formula is C23H36O3S. The topological polar surface area (TPSA) is 60.7 Å². The molecule has 4 rings (SSSR count). The minimum atomic E-state index is -0.211. The zero-order chi connectivity index (χ0) is 19.7. The van der Waals surface area contributed by atoms with Gasteiger partial charge in [0.05, 0.1) is 6.10 Å². The van der Waals surface area contributed by atoms with Gasteiger partial charge in [-0.05, 0) is 90.5 Å². The van der Waals surface area contributed by atoms with Gasteiger partial charge in [-0.15, -0.1) is 11.3 Å². The van der Waals surface area contributed by atoms with Gasteiger partial charge in [0, 0.05) is 18.6 Å². The van der Waals surface area contributed by atoms with E-state index in [2.05, 4.69) is 37.4 Å². The van der Waals surface area contributed by atoms with Crippen molar-refractivity contribution >= 4 is 16.9 Å². The molecule has 0 radical (unpaired) electrons. The van der Waals surface area contributed by atoms with E-state index in [0.717, 1.165) is 32.3 Å². The maximum atomic E-state index is 10.1. The molecular weight excluding hydrogens is 356 g/mol. The first-order valence-electron chi connectivity index (χ1n) is 10.5. The lowest BCUT2D eigenvalue weighted by Gasteiger charge is -2.53. The van der Waals surface area contributed by atoms with Crippen molar-refractivity contribution in [2.75, 3.05) is 13.7 Å².